The van der Waals surface area contributed by atoms with Crippen molar-refractivity contribution in [3.05, 3.63) is 46.5 Å². The molecule has 0 radical (unpaired) electrons. The van der Waals surface area contributed by atoms with Gasteiger partial charge in [0, 0.05) is 52.3 Å². The van der Waals surface area contributed by atoms with Crippen molar-refractivity contribution >= 4 is 33.4 Å². The third-order valence-corrected chi connectivity index (χ3v) is 5.67. The molecule has 2 aliphatic rings. The summed E-state index contributed by atoms with van der Waals surface area (Å²) in [5, 5.41) is 2.46. The van der Waals surface area contributed by atoms with Gasteiger partial charge in [-0.1, -0.05) is 6.92 Å². The number of aromatic nitrogens is 1. The van der Waals surface area contributed by atoms with Gasteiger partial charge in [-0.25, -0.2) is 0 Å². The molecule has 0 unspecified atom stereocenters. The fraction of sp³-hybridized carbons (Fsp3) is 0.333. The number of hydrogen-bond acceptors (Lipinski definition) is 2. The summed E-state index contributed by atoms with van der Waals surface area (Å²) in [7, 11) is 0. The molecule has 3 aromatic rings. The third-order valence-electron chi connectivity index (χ3n) is 5.67. The van der Waals surface area contributed by atoms with E-state index in [0.29, 0.717) is 12.8 Å². The molecule has 0 fully saturated rings. The van der Waals surface area contributed by atoms with E-state index in [4.69, 9.17) is 0 Å². The van der Waals surface area contributed by atoms with Gasteiger partial charge >= 0.3 is 0 Å². The maximum atomic E-state index is 12.2. The Morgan fingerprint density at radius 3 is 1.75 bits per heavy atom. The summed E-state index contributed by atoms with van der Waals surface area (Å²) in [6.45, 7) is 3.14. The molecule has 1 heterocycles. The second kappa shape index (κ2) is 4.79. The summed E-state index contributed by atoms with van der Waals surface area (Å²) >= 11 is 0. The van der Waals surface area contributed by atoms with Crippen LogP contribution in [0, 0.1) is 0 Å². The minimum atomic E-state index is 0.256. The Morgan fingerprint density at radius 2 is 1.29 bits per heavy atom. The van der Waals surface area contributed by atoms with Crippen molar-refractivity contribution in [3.63, 3.8) is 0 Å². The molecule has 0 atom stereocenters. The number of nitrogens with zero attached hydrogens (tertiary/aromatic N) is 1. The first-order valence-electron chi connectivity index (χ1n) is 8.86. The number of hydrogen-bond donors (Lipinski definition) is 0. The first-order chi connectivity index (χ1) is 11.7. The predicted octanol–water partition coefficient (Wildman–Crippen LogP) is 4.46. The van der Waals surface area contributed by atoms with Gasteiger partial charge in [0.05, 0.1) is 0 Å². The average molecular weight is 317 g/mol. The first kappa shape index (κ1) is 14.0. The molecule has 120 valence electrons. The molecule has 0 spiro atoms. The molecule has 3 nitrogen and oxygen atoms in total. The van der Waals surface area contributed by atoms with Crippen LogP contribution >= 0.6 is 0 Å². The lowest BCUT2D eigenvalue weighted by molar-refractivity contribution is 0.0986. The molecule has 0 aliphatic heterocycles. The summed E-state index contributed by atoms with van der Waals surface area (Å²) in [4.78, 5) is 24.4. The van der Waals surface area contributed by atoms with Crippen molar-refractivity contribution in [1.29, 1.82) is 0 Å². The Labute approximate surface area is 140 Å². The second-order valence-corrected chi connectivity index (χ2v) is 6.97. The molecule has 2 aliphatic carbocycles. The molecular weight excluding hydrogens is 298 g/mol. The maximum absolute atomic E-state index is 12.2. The van der Waals surface area contributed by atoms with Crippen LogP contribution in [0.4, 0.5) is 0 Å². The zero-order valence-corrected chi connectivity index (χ0v) is 13.8. The molecule has 0 saturated heterocycles. The number of carbonyl (C=O) groups excluding carboxylic acids is 2. The quantitative estimate of drug-likeness (QED) is 0.700. The molecule has 2 aromatic carbocycles. The van der Waals surface area contributed by atoms with Crippen LogP contribution in [0.2, 0.25) is 0 Å². The van der Waals surface area contributed by atoms with Crippen molar-refractivity contribution in [3.8, 4) is 0 Å². The fourth-order valence-electron chi connectivity index (χ4n) is 4.66. The molecule has 24 heavy (non-hydrogen) atoms. The molecule has 0 saturated carbocycles. The molecule has 1 aromatic heterocycles. The summed E-state index contributed by atoms with van der Waals surface area (Å²) in [6, 6.07) is 8.22. The normalized spacial score (nSPS) is 16.4. The van der Waals surface area contributed by atoms with Crippen molar-refractivity contribution < 1.29 is 9.59 Å². The number of Topliss-reactive ketones (excluding diaryl/α,β-unsaturated/α-hetero) is 2. The van der Waals surface area contributed by atoms with Gasteiger partial charge in [0.25, 0.3) is 0 Å². The number of carbonyl (C=O) groups is 2. The Hall–Kier alpha value is -2.42. The van der Waals surface area contributed by atoms with Crippen molar-refractivity contribution in [2.45, 2.75) is 45.6 Å². The minimum absolute atomic E-state index is 0.256. The molecule has 0 bridgehead atoms. The van der Waals surface area contributed by atoms with Crippen molar-refractivity contribution in [1.82, 2.24) is 4.57 Å². The van der Waals surface area contributed by atoms with Gasteiger partial charge in [-0.15, -0.1) is 0 Å². The van der Waals surface area contributed by atoms with E-state index in [0.717, 1.165) is 36.9 Å². The average Bonchev–Trinajstić information content (AvgIpc) is 3.24. The van der Waals surface area contributed by atoms with Crippen molar-refractivity contribution in [2.75, 3.05) is 0 Å². The van der Waals surface area contributed by atoms with Gasteiger partial charge in [0.1, 0.15) is 0 Å². The number of rotatable bonds is 2. The highest BCUT2D eigenvalue weighted by Crippen LogP contribution is 2.41. The van der Waals surface area contributed by atoms with E-state index in [1.54, 1.807) is 0 Å². The Bertz CT molecular complexity index is 974. The Morgan fingerprint density at radius 1 is 0.792 bits per heavy atom. The lowest BCUT2D eigenvalue weighted by atomic mass is 9.98. The molecule has 3 heteroatoms. The van der Waals surface area contributed by atoms with Crippen LogP contribution in [0.15, 0.2) is 24.3 Å². The fourth-order valence-corrected chi connectivity index (χ4v) is 4.66. The van der Waals surface area contributed by atoms with Crippen LogP contribution < -0.4 is 0 Å². The Balaban J connectivity index is 2.00. The highest BCUT2D eigenvalue weighted by atomic mass is 16.1. The van der Waals surface area contributed by atoms with Crippen LogP contribution in [0.25, 0.3) is 21.8 Å². The number of fused-ring (bicyclic) bond motifs is 7. The van der Waals surface area contributed by atoms with Gasteiger partial charge in [-0.2, -0.15) is 0 Å². The summed E-state index contributed by atoms with van der Waals surface area (Å²) in [5.41, 5.74) is 6.61. The van der Waals surface area contributed by atoms with Crippen LogP contribution in [-0.4, -0.2) is 16.1 Å². The van der Waals surface area contributed by atoms with Gasteiger partial charge in [-0.05, 0) is 54.7 Å². The first-order valence-corrected chi connectivity index (χ1v) is 8.86. The highest BCUT2D eigenvalue weighted by molar-refractivity contribution is 6.18. The van der Waals surface area contributed by atoms with E-state index >= 15 is 0 Å². The van der Waals surface area contributed by atoms with Crippen LogP contribution in [0.1, 0.15) is 58.0 Å². The van der Waals surface area contributed by atoms with E-state index in [1.807, 2.05) is 12.1 Å². The third kappa shape index (κ3) is 1.62. The van der Waals surface area contributed by atoms with E-state index < -0.39 is 0 Å². The van der Waals surface area contributed by atoms with Gasteiger partial charge in [0.15, 0.2) is 11.6 Å². The largest absolute Gasteiger partial charge is 0.340 e. The lowest BCUT2D eigenvalue weighted by Crippen LogP contribution is -1.97. The number of ketones is 2. The van der Waals surface area contributed by atoms with Crippen molar-refractivity contribution in [2.24, 2.45) is 0 Å². The minimum Gasteiger partial charge on any atom is -0.340 e. The van der Waals surface area contributed by atoms with Gasteiger partial charge in [-0.3, -0.25) is 9.59 Å². The maximum Gasteiger partial charge on any atom is 0.163 e. The van der Waals surface area contributed by atoms with E-state index in [9.17, 15) is 9.59 Å². The summed E-state index contributed by atoms with van der Waals surface area (Å²) in [6.07, 6.45) is 3.94. The lowest BCUT2D eigenvalue weighted by Gasteiger charge is -2.06. The second-order valence-electron chi connectivity index (χ2n) is 6.97. The van der Waals surface area contributed by atoms with Crippen LogP contribution in [-0.2, 0) is 19.4 Å². The van der Waals surface area contributed by atoms with Crippen LogP contribution in [0.3, 0.4) is 0 Å². The van der Waals surface area contributed by atoms with E-state index in [1.165, 1.54) is 32.9 Å². The van der Waals surface area contributed by atoms with Crippen LogP contribution in [0.5, 0.6) is 0 Å². The number of benzene rings is 2. The van der Waals surface area contributed by atoms with E-state index in [2.05, 4.69) is 23.6 Å². The standard InChI is InChI=1S/C21H19NO2/c1-2-11-22-16-7-3-12-14(5-9-18(12)23)20(16)21-15-6-10-19(24)13(15)4-8-17(21)22/h3-4,7-8H,2,5-6,9-11H2,1H3. The number of aryl methyl sites for hydroxylation is 3. The molecule has 5 rings (SSSR count). The zero-order chi connectivity index (χ0) is 16.4. The molecule has 0 N–H and O–H groups in total. The smallest absolute Gasteiger partial charge is 0.163 e. The zero-order valence-electron chi connectivity index (χ0n) is 13.8. The molecule has 0 amide bonds. The SMILES string of the molecule is CCCn1c2ccc3c(c2c2c4c(ccc21)C(=O)CC4)CCC3=O. The summed E-state index contributed by atoms with van der Waals surface area (Å²) < 4.78 is 2.37. The topological polar surface area (TPSA) is 39.1 Å². The Kier molecular flexibility index (Phi) is 2.79. The predicted molar refractivity (Wildman–Crippen MR) is 95.0 cm³/mol. The highest BCUT2D eigenvalue weighted by Gasteiger charge is 2.29. The molecular formula is C21H19NO2. The monoisotopic (exact) mass is 317 g/mol. The van der Waals surface area contributed by atoms with E-state index in [-0.39, 0.29) is 11.6 Å². The summed E-state index contributed by atoms with van der Waals surface area (Å²) in [5.74, 6) is 0.513. The van der Waals surface area contributed by atoms with Gasteiger partial charge in [0.2, 0.25) is 0 Å². The van der Waals surface area contributed by atoms with Gasteiger partial charge < -0.3 is 4.57 Å².